The normalized spacial score (nSPS) is 16.6. The Hall–Kier alpha value is -2.07. The summed E-state index contributed by atoms with van der Waals surface area (Å²) in [6, 6.07) is 11.1. The van der Waals surface area contributed by atoms with Crippen LogP contribution in [0.4, 0.5) is 11.4 Å². The van der Waals surface area contributed by atoms with Crippen molar-refractivity contribution in [1.29, 1.82) is 0 Å². The van der Waals surface area contributed by atoms with Crippen LogP contribution in [0.25, 0.3) is 0 Å². The number of rotatable bonds is 3. The molecular weight excluding hydrogens is 288 g/mol. The lowest BCUT2D eigenvalue weighted by atomic mass is 10.0. The van der Waals surface area contributed by atoms with E-state index in [2.05, 4.69) is 30.4 Å². The van der Waals surface area contributed by atoms with Gasteiger partial charge in [0.2, 0.25) is 0 Å². The maximum Gasteiger partial charge on any atom is 0.271 e. The third-order valence-corrected chi connectivity index (χ3v) is 4.20. The van der Waals surface area contributed by atoms with Gasteiger partial charge in [-0.3, -0.25) is 10.1 Å². The summed E-state index contributed by atoms with van der Waals surface area (Å²) >= 11 is 6.15. The van der Waals surface area contributed by atoms with Gasteiger partial charge in [-0.1, -0.05) is 35.4 Å². The standard InChI is InChI=1S/C16H15ClN2O2/c1-10-2-3-11-4-7-15(13(11)8-10)18-16-9-12(19(20)21)5-6-14(16)17/h2-3,5-6,8-9,15,18H,4,7H2,1H3. The minimum atomic E-state index is -0.408. The number of fused-ring (bicyclic) bond motifs is 1. The first-order valence-electron chi connectivity index (χ1n) is 6.84. The summed E-state index contributed by atoms with van der Waals surface area (Å²) in [5.41, 5.74) is 4.47. The average Bonchev–Trinajstić information content (AvgIpc) is 2.83. The van der Waals surface area contributed by atoms with Gasteiger partial charge in [0, 0.05) is 12.1 Å². The van der Waals surface area contributed by atoms with Crippen molar-refractivity contribution in [1.82, 2.24) is 0 Å². The smallest absolute Gasteiger partial charge is 0.271 e. The summed E-state index contributed by atoms with van der Waals surface area (Å²) in [6.07, 6.45) is 1.98. The number of nitrogens with zero attached hydrogens (tertiary/aromatic N) is 1. The summed E-state index contributed by atoms with van der Waals surface area (Å²) < 4.78 is 0. The van der Waals surface area contributed by atoms with Crippen LogP contribution >= 0.6 is 11.6 Å². The maximum atomic E-state index is 10.9. The van der Waals surface area contributed by atoms with Crippen LogP contribution in [0.5, 0.6) is 0 Å². The Kier molecular flexibility index (Phi) is 3.55. The molecule has 2 aromatic carbocycles. The van der Waals surface area contributed by atoms with Crippen molar-refractivity contribution in [2.24, 2.45) is 0 Å². The topological polar surface area (TPSA) is 55.2 Å². The van der Waals surface area contributed by atoms with Gasteiger partial charge in [0.05, 0.1) is 21.7 Å². The van der Waals surface area contributed by atoms with E-state index in [-0.39, 0.29) is 11.7 Å². The summed E-state index contributed by atoms with van der Waals surface area (Å²) in [6.45, 7) is 2.07. The third kappa shape index (κ3) is 2.72. The molecule has 4 nitrogen and oxygen atoms in total. The molecule has 0 bridgehead atoms. The number of hydrogen-bond donors (Lipinski definition) is 1. The average molecular weight is 303 g/mol. The van der Waals surface area contributed by atoms with Gasteiger partial charge >= 0.3 is 0 Å². The molecule has 0 saturated heterocycles. The molecule has 1 N–H and O–H groups in total. The Morgan fingerprint density at radius 1 is 1.29 bits per heavy atom. The van der Waals surface area contributed by atoms with Gasteiger partial charge in [-0.25, -0.2) is 0 Å². The second-order valence-corrected chi connectivity index (χ2v) is 5.77. The summed E-state index contributed by atoms with van der Waals surface area (Å²) in [5.74, 6) is 0. The minimum absolute atomic E-state index is 0.0457. The Bertz CT molecular complexity index is 715. The van der Waals surface area contributed by atoms with Crippen LogP contribution in [-0.4, -0.2) is 4.92 Å². The lowest BCUT2D eigenvalue weighted by Crippen LogP contribution is -2.08. The molecule has 21 heavy (non-hydrogen) atoms. The van der Waals surface area contributed by atoms with Crippen LogP contribution in [0.1, 0.15) is 29.2 Å². The second kappa shape index (κ2) is 5.37. The highest BCUT2D eigenvalue weighted by atomic mass is 35.5. The number of anilines is 1. The van der Waals surface area contributed by atoms with Crippen molar-refractivity contribution in [3.8, 4) is 0 Å². The van der Waals surface area contributed by atoms with E-state index in [1.165, 1.54) is 28.8 Å². The number of nitrogens with one attached hydrogen (secondary N) is 1. The van der Waals surface area contributed by atoms with Crippen LogP contribution < -0.4 is 5.32 Å². The highest BCUT2D eigenvalue weighted by Gasteiger charge is 2.23. The van der Waals surface area contributed by atoms with E-state index in [4.69, 9.17) is 11.6 Å². The molecule has 1 unspecified atom stereocenters. The number of hydrogen-bond acceptors (Lipinski definition) is 3. The lowest BCUT2D eigenvalue weighted by Gasteiger charge is -2.17. The fraction of sp³-hybridized carbons (Fsp3) is 0.250. The largest absolute Gasteiger partial charge is 0.377 e. The van der Waals surface area contributed by atoms with E-state index < -0.39 is 4.92 Å². The summed E-state index contributed by atoms with van der Waals surface area (Å²) in [7, 11) is 0. The summed E-state index contributed by atoms with van der Waals surface area (Å²) in [5, 5.41) is 14.7. The first-order chi connectivity index (χ1) is 10.0. The Morgan fingerprint density at radius 3 is 2.86 bits per heavy atom. The van der Waals surface area contributed by atoms with E-state index in [9.17, 15) is 10.1 Å². The molecule has 1 aliphatic carbocycles. The predicted octanol–water partition coefficient (Wildman–Crippen LogP) is 4.66. The molecule has 108 valence electrons. The molecule has 0 aromatic heterocycles. The molecule has 3 rings (SSSR count). The molecule has 2 aromatic rings. The van der Waals surface area contributed by atoms with E-state index in [1.807, 2.05) is 0 Å². The molecule has 0 spiro atoms. The van der Waals surface area contributed by atoms with Crippen molar-refractivity contribution in [3.05, 3.63) is 68.2 Å². The highest BCUT2D eigenvalue weighted by molar-refractivity contribution is 6.33. The van der Waals surface area contributed by atoms with Gasteiger partial charge < -0.3 is 5.32 Å². The predicted molar refractivity (Wildman–Crippen MR) is 84.0 cm³/mol. The number of aryl methyl sites for hydroxylation is 2. The molecule has 0 aliphatic heterocycles. The van der Waals surface area contributed by atoms with Crippen LogP contribution in [0.15, 0.2) is 36.4 Å². The number of halogens is 1. The van der Waals surface area contributed by atoms with Crippen LogP contribution in [0, 0.1) is 17.0 Å². The van der Waals surface area contributed by atoms with E-state index in [0.29, 0.717) is 10.7 Å². The second-order valence-electron chi connectivity index (χ2n) is 5.36. The number of nitro benzene ring substituents is 1. The van der Waals surface area contributed by atoms with Crippen molar-refractivity contribution in [2.45, 2.75) is 25.8 Å². The first kappa shape index (κ1) is 13.9. The van der Waals surface area contributed by atoms with Gasteiger partial charge in [-0.2, -0.15) is 0 Å². The fourth-order valence-corrected chi connectivity index (χ4v) is 2.97. The molecule has 1 aliphatic rings. The van der Waals surface area contributed by atoms with Gasteiger partial charge in [-0.05, 0) is 37.0 Å². The Morgan fingerprint density at radius 2 is 2.10 bits per heavy atom. The number of non-ortho nitro benzene ring substituents is 1. The van der Waals surface area contributed by atoms with E-state index >= 15 is 0 Å². The van der Waals surface area contributed by atoms with Gasteiger partial charge in [0.25, 0.3) is 5.69 Å². The SMILES string of the molecule is Cc1ccc2c(c1)C(Nc1cc([N+](=O)[O-])ccc1Cl)CC2. The zero-order valence-electron chi connectivity index (χ0n) is 11.6. The van der Waals surface area contributed by atoms with Crippen LogP contribution in [0.3, 0.4) is 0 Å². The van der Waals surface area contributed by atoms with E-state index in [0.717, 1.165) is 12.8 Å². The molecule has 0 amide bonds. The number of benzene rings is 2. The number of nitro groups is 1. The Labute approximate surface area is 127 Å². The zero-order valence-corrected chi connectivity index (χ0v) is 12.4. The molecule has 5 heteroatoms. The van der Waals surface area contributed by atoms with Crippen LogP contribution in [0.2, 0.25) is 5.02 Å². The first-order valence-corrected chi connectivity index (χ1v) is 7.22. The molecule has 0 saturated carbocycles. The minimum Gasteiger partial charge on any atom is -0.377 e. The summed E-state index contributed by atoms with van der Waals surface area (Å²) in [4.78, 5) is 10.5. The van der Waals surface area contributed by atoms with Gasteiger partial charge in [-0.15, -0.1) is 0 Å². The lowest BCUT2D eigenvalue weighted by molar-refractivity contribution is -0.384. The quantitative estimate of drug-likeness (QED) is 0.663. The Balaban J connectivity index is 1.91. The van der Waals surface area contributed by atoms with Crippen molar-refractivity contribution >= 4 is 23.0 Å². The molecular formula is C16H15ClN2O2. The van der Waals surface area contributed by atoms with Gasteiger partial charge in [0.15, 0.2) is 0 Å². The molecule has 0 radical (unpaired) electrons. The monoisotopic (exact) mass is 302 g/mol. The van der Waals surface area contributed by atoms with Crippen molar-refractivity contribution in [2.75, 3.05) is 5.32 Å². The van der Waals surface area contributed by atoms with Crippen molar-refractivity contribution < 1.29 is 4.92 Å². The van der Waals surface area contributed by atoms with Crippen molar-refractivity contribution in [3.63, 3.8) is 0 Å². The van der Waals surface area contributed by atoms with Crippen LogP contribution in [-0.2, 0) is 6.42 Å². The molecule has 1 atom stereocenters. The zero-order chi connectivity index (χ0) is 15.0. The fourth-order valence-electron chi connectivity index (χ4n) is 2.80. The molecule has 0 heterocycles. The van der Waals surface area contributed by atoms with Gasteiger partial charge in [0.1, 0.15) is 0 Å². The third-order valence-electron chi connectivity index (χ3n) is 3.87. The van der Waals surface area contributed by atoms with E-state index in [1.54, 1.807) is 6.07 Å². The highest BCUT2D eigenvalue weighted by Crippen LogP contribution is 2.37. The maximum absolute atomic E-state index is 10.9. The molecule has 0 fully saturated rings.